The maximum Gasteiger partial charge on any atom is 0.276 e. The van der Waals surface area contributed by atoms with Crippen LogP contribution in [0.5, 0.6) is 11.5 Å². The predicted octanol–water partition coefficient (Wildman–Crippen LogP) is 3.98. The van der Waals surface area contributed by atoms with E-state index in [1.807, 2.05) is 6.92 Å². The zero-order chi connectivity index (χ0) is 21.4. The molecule has 0 aliphatic carbocycles. The lowest BCUT2D eigenvalue weighted by Crippen LogP contribution is -2.49. The molecule has 0 saturated carbocycles. The SMILES string of the molecule is CCOc1ccc(C(=O)NC(=S)NNC(=O)COc2ccc(Cl)cc2Br)cc1Br. The number of carbonyl (C=O) groups excluding carboxylic acids is 2. The summed E-state index contributed by atoms with van der Waals surface area (Å²) in [5, 5.41) is 2.93. The number of rotatable bonds is 6. The Balaban J connectivity index is 1.79. The second kappa shape index (κ2) is 11.3. The number of hydrogen-bond donors (Lipinski definition) is 3. The quantitative estimate of drug-likeness (QED) is 0.363. The van der Waals surface area contributed by atoms with Crippen molar-refractivity contribution in [3.05, 3.63) is 55.9 Å². The molecule has 0 bridgehead atoms. The molecular formula is C18H16Br2ClN3O4S. The number of nitrogens with one attached hydrogen (secondary N) is 3. The first kappa shape index (κ1) is 23.4. The van der Waals surface area contributed by atoms with Crippen molar-refractivity contribution >= 4 is 72.6 Å². The average molecular weight is 566 g/mol. The van der Waals surface area contributed by atoms with Gasteiger partial charge in [0.25, 0.3) is 11.8 Å². The standard InChI is InChI=1S/C18H16Br2ClN3O4S/c1-2-27-14-5-3-10(7-12(14)19)17(26)22-18(29)24-23-16(25)9-28-15-6-4-11(21)8-13(15)20/h3-8H,2,9H2,1H3,(H,23,25)(H2,22,24,26,29). The van der Waals surface area contributed by atoms with Crippen molar-refractivity contribution in [3.63, 3.8) is 0 Å². The third-order valence-electron chi connectivity index (χ3n) is 3.29. The summed E-state index contributed by atoms with van der Waals surface area (Å²) in [7, 11) is 0. The molecule has 0 unspecified atom stereocenters. The fourth-order valence-electron chi connectivity index (χ4n) is 2.02. The van der Waals surface area contributed by atoms with E-state index in [0.29, 0.717) is 37.6 Å². The topological polar surface area (TPSA) is 88.7 Å². The molecule has 0 heterocycles. The normalized spacial score (nSPS) is 10.1. The van der Waals surface area contributed by atoms with Crippen molar-refractivity contribution in [2.45, 2.75) is 6.92 Å². The molecule has 154 valence electrons. The Morgan fingerprint density at radius 2 is 1.69 bits per heavy atom. The summed E-state index contributed by atoms with van der Waals surface area (Å²) in [4.78, 5) is 24.1. The highest BCUT2D eigenvalue weighted by Crippen LogP contribution is 2.28. The van der Waals surface area contributed by atoms with Crippen LogP contribution in [0.3, 0.4) is 0 Å². The van der Waals surface area contributed by atoms with Gasteiger partial charge < -0.3 is 9.47 Å². The van der Waals surface area contributed by atoms with Crippen LogP contribution in [-0.4, -0.2) is 30.1 Å². The van der Waals surface area contributed by atoms with E-state index in [-0.39, 0.29) is 11.7 Å². The van der Waals surface area contributed by atoms with Crippen molar-refractivity contribution in [1.29, 1.82) is 0 Å². The Hall–Kier alpha value is -1.88. The number of carbonyl (C=O) groups is 2. The number of hydrazine groups is 1. The lowest BCUT2D eigenvalue weighted by atomic mass is 10.2. The minimum absolute atomic E-state index is 0.0685. The number of halogens is 3. The van der Waals surface area contributed by atoms with Crippen molar-refractivity contribution in [2.75, 3.05) is 13.2 Å². The van der Waals surface area contributed by atoms with Gasteiger partial charge >= 0.3 is 0 Å². The van der Waals surface area contributed by atoms with Gasteiger partial charge in [0, 0.05) is 10.6 Å². The molecule has 2 rings (SSSR count). The molecule has 29 heavy (non-hydrogen) atoms. The Labute approximate surface area is 194 Å². The van der Waals surface area contributed by atoms with Crippen molar-refractivity contribution in [1.82, 2.24) is 16.2 Å². The minimum atomic E-state index is -0.493. The molecule has 7 nitrogen and oxygen atoms in total. The van der Waals surface area contributed by atoms with E-state index in [1.165, 1.54) is 0 Å². The van der Waals surface area contributed by atoms with Gasteiger partial charge in [-0.1, -0.05) is 11.6 Å². The van der Waals surface area contributed by atoms with Crippen LogP contribution in [0.15, 0.2) is 45.3 Å². The van der Waals surface area contributed by atoms with Crippen LogP contribution in [0.2, 0.25) is 5.02 Å². The molecule has 0 saturated heterocycles. The third-order valence-corrected chi connectivity index (χ3v) is 4.97. The van der Waals surface area contributed by atoms with Crippen molar-refractivity contribution in [3.8, 4) is 11.5 Å². The van der Waals surface area contributed by atoms with E-state index < -0.39 is 11.8 Å². The van der Waals surface area contributed by atoms with Gasteiger partial charge in [-0.05, 0) is 87.4 Å². The van der Waals surface area contributed by atoms with Gasteiger partial charge in [0.15, 0.2) is 11.7 Å². The summed E-state index contributed by atoms with van der Waals surface area (Å²) >= 11 is 17.5. The second-order valence-electron chi connectivity index (χ2n) is 5.40. The van der Waals surface area contributed by atoms with Gasteiger partial charge in [0.2, 0.25) is 0 Å². The van der Waals surface area contributed by atoms with E-state index in [0.717, 1.165) is 0 Å². The van der Waals surface area contributed by atoms with E-state index in [2.05, 4.69) is 48.0 Å². The Morgan fingerprint density at radius 1 is 1.03 bits per heavy atom. The zero-order valence-electron chi connectivity index (χ0n) is 15.1. The Morgan fingerprint density at radius 3 is 2.34 bits per heavy atom. The van der Waals surface area contributed by atoms with Crippen molar-refractivity contribution in [2.24, 2.45) is 0 Å². The zero-order valence-corrected chi connectivity index (χ0v) is 19.8. The van der Waals surface area contributed by atoms with Crippen LogP contribution in [0.4, 0.5) is 0 Å². The maximum absolute atomic E-state index is 12.2. The van der Waals surface area contributed by atoms with Gasteiger partial charge in [-0.2, -0.15) is 0 Å². The highest BCUT2D eigenvalue weighted by Gasteiger charge is 2.12. The molecule has 0 radical (unpaired) electrons. The van der Waals surface area contributed by atoms with Crippen LogP contribution in [-0.2, 0) is 4.79 Å². The number of amides is 2. The molecule has 2 aromatic rings. The fourth-order valence-corrected chi connectivity index (χ4v) is 3.45. The van der Waals surface area contributed by atoms with Crippen LogP contribution < -0.4 is 25.6 Å². The minimum Gasteiger partial charge on any atom is -0.493 e. The van der Waals surface area contributed by atoms with E-state index in [9.17, 15) is 9.59 Å². The van der Waals surface area contributed by atoms with E-state index in [1.54, 1.807) is 36.4 Å². The van der Waals surface area contributed by atoms with Crippen LogP contribution in [0, 0.1) is 0 Å². The molecule has 2 amide bonds. The van der Waals surface area contributed by atoms with E-state index in [4.69, 9.17) is 33.3 Å². The summed E-state index contributed by atoms with van der Waals surface area (Å²) < 4.78 is 12.0. The number of benzene rings is 2. The summed E-state index contributed by atoms with van der Waals surface area (Å²) in [5.41, 5.74) is 5.14. The monoisotopic (exact) mass is 563 g/mol. The smallest absolute Gasteiger partial charge is 0.276 e. The lowest BCUT2D eigenvalue weighted by Gasteiger charge is -2.12. The molecule has 0 aliphatic rings. The third kappa shape index (κ3) is 7.46. The molecule has 0 atom stereocenters. The molecule has 0 spiro atoms. The van der Waals surface area contributed by atoms with Gasteiger partial charge in [0.1, 0.15) is 11.5 Å². The van der Waals surface area contributed by atoms with E-state index >= 15 is 0 Å². The Kier molecular flexibility index (Phi) is 9.15. The summed E-state index contributed by atoms with van der Waals surface area (Å²) in [5.74, 6) is 0.153. The predicted molar refractivity (Wildman–Crippen MR) is 121 cm³/mol. The number of thiocarbonyl (C=S) groups is 1. The number of hydrogen-bond acceptors (Lipinski definition) is 5. The van der Waals surface area contributed by atoms with Gasteiger partial charge in [0.05, 0.1) is 15.6 Å². The average Bonchev–Trinajstić information content (AvgIpc) is 2.67. The largest absolute Gasteiger partial charge is 0.493 e. The molecular weight excluding hydrogens is 550 g/mol. The van der Waals surface area contributed by atoms with Crippen LogP contribution in [0.1, 0.15) is 17.3 Å². The molecule has 3 N–H and O–H groups in total. The van der Waals surface area contributed by atoms with Crippen LogP contribution >= 0.6 is 55.7 Å². The molecule has 0 aliphatic heterocycles. The van der Waals surface area contributed by atoms with Gasteiger partial charge in [-0.25, -0.2) is 0 Å². The Bertz CT molecular complexity index is 930. The molecule has 0 aromatic heterocycles. The first-order chi connectivity index (χ1) is 13.8. The molecule has 11 heteroatoms. The fraction of sp³-hybridized carbons (Fsp3) is 0.167. The van der Waals surface area contributed by atoms with Crippen molar-refractivity contribution < 1.29 is 19.1 Å². The summed E-state index contributed by atoms with van der Waals surface area (Å²) in [6, 6.07) is 9.81. The van der Waals surface area contributed by atoms with Crippen LogP contribution in [0.25, 0.3) is 0 Å². The molecule has 2 aromatic carbocycles. The lowest BCUT2D eigenvalue weighted by molar-refractivity contribution is -0.123. The first-order valence-electron chi connectivity index (χ1n) is 8.20. The first-order valence-corrected chi connectivity index (χ1v) is 10.6. The van der Waals surface area contributed by atoms with Gasteiger partial charge in [-0.3, -0.25) is 25.8 Å². The van der Waals surface area contributed by atoms with Gasteiger partial charge in [-0.15, -0.1) is 0 Å². The summed E-state index contributed by atoms with van der Waals surface area (Å²) in [6.45, 7) is 2.11. The summed E-state index contributed by atoms with van der Waals surface area (Å²) in [6.07, 6.45) is 0. The number of ether oxygens (including phenoxy) is 2. The second-order valence-corrected chi connectivity index (χ2v) is 7.95. The highest BCUT2D eigenvalue weighted by atomic mass is 79.9. The highest BCUT2D eigenvalue weighted by molar-refractivity contribution is 9.10. The molecule has 0 fully saturated rings. The maximum atomic E-state index is 12.2.